The van der Waals surface area contributed by atoms with Crippen LogP contribution >= 0.6 is 0 Å². The van der Waals surface area contributed by atoms with Gasteiger partial charge in [0.05, 0.1) is 11.3 Å². The van der Waals surface area contributed by atoms with Crippen LogP contribution in [-0.4, -0.2) is 57.7 Å². The maximum atomic E-state index is 14.7. The molecule has 8 heteroatoms. The highest BCUT2D eigenvalue weighted by Gasteiger charge is 2.23. The highest BCUT2D eigenvalue weighted by Crippen LogP contribution is 2.15. The van der Waals surface area contributed by atoms with Gasteiger partial charge in [0, 0.05) is 50.2 Å². The van der Waals surface area contributed by atoms with E-state index in [2.05, 4.69) is 25.3 Å². The lowest BCUT2D eigenvalue weighted by molar-refractivity contribution is 0.183. The molecule has 0 saturated carbocycles. The first-order valence-corrected chi connectivity index (χ1v) is 12.2. The van der Waals surface area contributed by atoms with Crippen LogP contribution in [0.25, 0.3) is 5.65 Å². The van der Waals surface area contributed by atoms with Crippen LogP contribution in [0.2, 0.25) is 0 Å². The highest BCUT2D eigenvalue weighted by molar-refractivity contribution is 5.99. The standard InChI is InChI=1S/C28H29FN6O/c1-21-23(28(36)35-15-8-7-13-26(35)30-21)14-16-33-17-19-34(20-18-33)27(24-11-5-6-12-25(24)29)32-31-22-9-3-2-4-10-22/h2-13,15,31H,14,16-20H2,1H3/b32-27-. The van der Waals surface area contributed by atoms with Crippen LogP contribution in [0, 0.1) is 12.7 Å². The van der Waals surface area contributed by atoms with Gasteiger partial charge in [-0.05, 0) is 49.7 Å². The number of nitrogens with zero attached hydrogens (tertiary/aromatic N) is 5. The number of hydrogen-bond donors (Lipinski definition) is 1. The van der Waals surface area contributed by atoms with E-state index in [-0.39, 0.29) is 11.4 Å². The van der Waals surface area contributed by atoms with Gasteiger partial charge in [-0.15, -0.1) is 0 Å². The number of fused-ring (bicyclic) bond motifs is 1. The van der Waals surface area contributed by atoms with Gasteiger partial charge >= 0.3 is 0 Å². The zero-order chi connectivity index (χ0) is 24.9. The third kappa shape index (κ3) is 5.13. The minimum absolute atomic E-state index is 0.00213. The van der Waals surface area contributed by atoms with Crippen LogP contribution in [0.15, 0.2) is 88.9 Å². The fraction of sp³-hybridized carbons (Fsp3) is 0.250. The maximum absolute atomic E-state index is 14.7. The van der Waals surface area contributed by atoms with E-state index in [1.54, 1.807) is 22.7 Å². The smallest absolute Gasteiger partial charge is 0.261 e. The van der Waals surface area contributed by atoms with Crippen LogP contribution in [0.5, 0.6) is 0 Å². The van der Waals surface area contributed by atoms with Gasteiger partial charge in [-0.3, -0.25) is 19.5 Å². The molecular formula is C28H29FN6O. The topological polar surface area (TPSA) is 65.2 Å². The van der Waals surface area contributed by atoms with Gasteiger partial charge in [-0.25, -0.2) is 9.37 Å². The summed E-state index contributed by atoms with van der Waals surface area (Å²) in [6.07, 6.45) is 2.40. The molecule has 36 heavy (non-hydrogen) atoms. The predicted octanol–water partition coefficient (Wildman–Crippen LogP) is 3.78. The highest BCUT2D eigenvalue weighted by atomic mass is 19.1. The second-order valence-corrected chi connectivity index (χ2v) is 8.88. The number of piperazine rings is 1. The Morgan fingerprint density at radius 2 is 1.69 bits per heavy atom. The minimum Gasteiger partial charge on any atom is -0.352 e. The lowest BCUT2D eigenvalue weighted by Crippen LogP contribution is -2.49. The molecule has 5 rings (SSSR count). The van der Waals surface area contributed by atoms with Gasteiger partial charge in [0.25, 0.3) is 5.56 Å². The van der Waals surface area contributed by atoms with Crippen molar-refractivity contribution >= 4 is 17.2 Å². The van der Waals surface area contributed by atoms with Crippen LogP contribution in [0.1, 0.15) is 16.8 Å². The number of nitrogens with one attached hydrogen (secondary N) is 1. The largest absolute Gasteiger partial charge is 0.352 e. The Hall–Kier alpha value is -4.04. The molecule has 1 fully saturated rings. The maximum Gasteiger partial charge on any atom is 0.261 e. The first-order valence-electron chi connectivity index (χ1n) is 12.2. The summed E-state index contributed by atoms with van der Waals surface area (Å²) in [5, 5.41) is 4.60. The van der Waals surface area contributed by atoms with Gasteiger partial charge in [-0.1, -0.05) is 36.4 Å². The number of halogens is 1. The molecule has 2 aromatic heterocycles. The van der Waals surface area contributed by atoms with E-state index in [0.717, 1.165) is 36.6 Å². The summed E-state index contributed by atoms with van der Waals surface area (Å²) in [5.41, 5.74) is 6.59. The van der Waals surface area contributed by atoms with Crippen molar-refractivity contribution in [3.05, 3.63) is 112 Å². The average molecular weight is 485 g/mol. The number of para-hydroxylation sites is 1. The minimum atomic E-state index is -0.298. The predicted molar refractivity (Wildman–Crippen MR) is 141 cm³/mol. The second-order valence-electron chi connectivity index (χ2n) is 8.88. The number of hydrazone groups is 1. The van der Waals surface area contributed by atoms with Gasteiger partial charge in [-0.2, -0.15) is 5.10 Å². The van der Waals surface area contributed by atoms with Crippen molar-refractivity contribution in [2.75, 3.05) is 38.1 Å². The Labute approximate surface area is 209 Å². The van der Waals surface area contributed by atoms with Crippen LogP contribution in [0.3, 0.4) is 0 Å². The zero-order valence-electron chi connectivity index (χ0n) is 20.3. The molecule has 2 aromatic carbocycles. The van der Waals surface area contributed by atoms with Gasteiger partial charge < -0.3 is 4.90 Å². The SMILES string of the molecule is Cc1nc2ccccn2c(=O)c1CCN1CCN(/C(=N\Nc2ccccc2)c2ccccc2F)CC1. The van der Waals surface area contributed by atoms with Crippen molar-refractivity contribution in [2.24, 2.45) is 5.10 Å². The molecule has 1 aliphatic rings. The quantitative estimate of drug-likeness (QED) is 0.256. The Bertz CT molecular complexity index is 1430. The van der Waals surface area contributed by atoms with Crippen molar-refractivity contribution < 1.29 is 4.39 Å². The summed E-state index contributed by atoms with van der Waals surface area (Å²) in [4.78, 5) is 22.0. The second kappa shape index (κ2) is 10.7. The van der Waals surface area contributed by atoms with Crippen LogP contribution in [-0.2, 0) is 6.42 Å². The molecular weight excluding hydrogens is 455 g/mol. The average Bonchev–Trinajstić information content (AvgIpc) is 2.91. The molecule has 3 heterocycles. The molecule has 0 radical (unpaired) electrons. The third-order valence-corrected chi connectivity index (χ3v) is 6.56. The lowest BCUT2D eigenvalue weighted by atomic mass is 10.1. The first-order chi connectivity index (χ1) is 17.6. The molecule has 7 nitrogen and oxygen atoms in total. The summed E-state index contributed by atoms with van der Waals surface area (Å²) in [6, 6.07) is 21.9. The summed E-state index contributed by atoms with van der Waals surface area (Å²) in [7, 11) is 0. The number of anilines is 1. The van der Waals surface area contributed by atoms with E-state index in [9.17, 15) is 9.18 Å². The molecule has 1 aliphatic heterocycles. The summed E-state index contributed by atoms with van der Waals surface area (Å²) >= 11 is 0. The van der Waals surface area contributed by atoms with Gasteiger partial charge in [0.2, 0.25) is 0 Å². The number of benzene rings is 2. The Balaban J connectivity index is 1.28. The van der Waals surface area contributed by atoms with Crippen molar-refractivity contribution in [3.63, 3.8) is 0 Å². The fourth-order valence-electron chi connectivity index (χ4n) is 4.55. The van der Waals surface area contributed by atoms with E-state index in [1.807, 2.05) is 61.5 Å². The van der Waals surface area contributed by atoms with E-state index in [4.69, 9.17) is 0 Å². The molecule has 4 aromatic rings. The monoisotopic (exact) mass is 484 g/mol. The summed E-state index contributed by atoms with van der Waals surface area (Å²) in [5.74, 6) is 0.290. The van der Waals surface area contributed by atoms with Crippen molar-refractivity contribution in [1.29, 1.82) is 0 Å². The Morgan fingerprint density at radius 3 is 2.47 bits per heavy atom. The van der Waals surface area contributed by atoms with Gasteiger partial charge in [0.15, 0.2) is 5.84 Å². The van der Waals surface area contributed by atoms with E-state index >= 15 is 0 Å². The van der Waals surface area contributed by atoms with Crippen LogP contribution < -0.4 is 11.0 Å². The molecule has 1 saturated heterocycles. The van der Waals surface area contributed by atoms with E-state index in [0.29, 0.717) is 36.6 Å². The zero-order valence-corrected chi connectivity index (χ0v) is 20.3. The first kappa shape index (κ1) is 23.7. The molecule has 0 spiro atoms. The van der Waals surface area contributed by atoms with Crippen molar-refractivity contribution in [1.82, 2.24) is 19.2 Å². The fourth-order valence-corrected chi connectivity index (χ4v) is 4.55. The molecule has 0 aliphatic carbocycles. The Morgan fingerprint density at radius 1 is 0.972 bits per heavy atom. The Kier molecular flexibility index (Phi) is 7.04. The van der Waals surface area contributed by atoms with Gasteiger partial charge in [0.1, 0.15) is 11.5 Å². The normalized spacial score (nSPS) is 14.8. The van der Waals surface area contributed by atoms with Crippen molar-refractivity contribution in [2.45, 2.75) is 13.3 Å². The number of aryl methyl sites for hydroxylation is 1. The lowest BCUT2D eigenvalue weighted by Gasteiger charge is -2.36. The summed E-state index contributed by atoms with van der Waals surface area (Å²) < 4.78 is 16.3. The number of rotatable bonds is 6. The number of amidine groups is 1. The molecule has 0 bridgehead atoms. The number of aromatic nitrogens is 2. The molecule has 1 N–H and O–H groups in total. The molecule has 0 unspecified atom stereocenters. The number of hydrogen-bond acceptors (Lipinski definition) is 5. The molecule has 0 atom stereocenters. The van der Waals surface area contributed by atoms with E-state index in [1.165, 1.54) is 6.07 Å². The molecule has 0 amide bonds. The summed E-state index contributed by atoms with van der Waals surface area (Å²) in [6.45, 7) is 5.66. The third-order valence-electron chi connectivity index (χ3n) is 6.56. The van der Waals surface area contributed by atoms with Crippen molar-refractivity contribution in [3.8, 4) is 0 Å². The number of pyridine rings is 1. The molecule has 184 valence electrons. The van der Waals surface area contributed by atoms with Crippen LogP contribution in [0.4, 0.5) is 10.1 Å². The van der Waals surface area contributed by atoms with E-state index < -0.39 is 0 Å².